The molecule has 0 saturated heterocycles. The summed E-state index contributed by atoms with van der Waals surface area (Å²) >= 11 is 0. The van der Waals surface area contributed by atoms with E-state index in [0.717, 1.165) is 0 Å². The minimum Gasteiger partial charge on any atom is -1.00 e. The van der Waals surface area contributed by atoms with Gasteiger partial charge in [-0.25, -0.2) is 0 Å². The molecule has 0 saturated carbocycles. The van der Waals surface area contributed by atoms with E-state index in [1.807, 2.05) is 0 Å². The summed E-state index contributed by atoms with van der Waals surface area (Å²) in [5.74, 6) is -2.37. The Labute approximate surface area is 138 Å². The van der Waals surface area contributed by atoms with E-state index in [1.165, 1.54) is 13.8 Å². The van der Waals surface area contributed by atoms with Crippen LogP contribution in [0.3, 0.4) is 0 Å². The van der Waals surface area contributed by atoms with Gasteiger partial charge in [-0.3, -0.25) is 0 Å². The topological polar surface area (TPSA) is 80.3 Å². The van der Waals surface area contributed by atoms with Crippen molar-refractivity contribution in [2.45, 2.75) is 13.8 Å². The first-order valence-corrected chi connectivity index (χ1v) is 3.02. The molecule has 1 radical (unpaired) electrons. The summed E-state index contributed by atoms with van der Waals surface area (Å²) < 4.78 is 0. The van der Waals surface area contributed by atoms with Gasteiger partial charge in [0, 0.05) is 0 Å². The van der Waals surface area contributed by atoms with Crippen molar-refractivity contribution in [2.24, 2.45) is 0 Å². The molecule has 0 rings (SSSR count). The van der Waals surface area contributed by atoms with Gasteiger partial charge >= 0.3 is 68.2 Å². The van der Waals surface area contributed by atoms with Gasteiger partial charge in [-0.1, -0.05) is 13.2 Å². The fourth-order valence-electron chi connectivity index (χ4n) is 0. The number of carboxylic acids is 2. The van der Waals surface area contributed by atoms with E-state index in [0.29, 0.717) is 0 Å². The molecule has 0 aliphatic carbocycles. The Balaban J connectivity index is -0.0000000370. The van der Waals surface area contributed by atoms with Crippen LogP contribution < -0.4 is 61.6 Å². The van der Waals surface area contributed by atoms with Gasteiger partial charge in [0.1, 0.15) is 0 Å². The molecule has 0 aromatic carbocycles. The van der Waals surface area contributed by atoms with Crippen LogP contribution in [-0.2, 0) is 26.4 Å². The second-order valence-electron chi connectivity index (χ2n) is 2.14. The van der Waals surface area contributed by atoms with Crippen LogP contribution in [0.15, 0.2) is 24.3 Å². The average molecular weight is 269 g/mol. The summed E-state index contributed by atoms with van der Waals surface area (Å²) in [6, 6.07) is 0. The van der Waals surface area contributed by atoms with E-state index in [-0.39, 0.29) is 80.7 Å². The second kappa shape index (κ2) is 13.6. The third kappa shape index (κ3) is 22.9. The average Bonchev–Trinajstić information content (AvgIpc) is 1.88. The molecule has 77 valence electrons. The van der Waals surface area contributed by atoms with Gasteiger partial charge in [0.15, 0.2) is 0 Å². The molecule has 0 atom stereocenters. The Morgan fingerprint density at radius 2 is 1.07 bits per heavy atom. The first kappa shape index (κ1) is 24.0. The molecule has 0 heterocycles. The first-order valence-electron chi connectivity index (χ1n) is 3.02. The smallest absolute Gasteiger partial charge is 1.00 e. The van der Waals surface area contributed by atoms with E-state index in [2.05, 4.69) is 13.2 Å². The summed E-state index contributed by atoms with van der Waals surface area (Å²) in [5.41, 5.74) is 0.130. The van der Waals surface area contributed by atoms with Gasteiger partial charge < -0.3 is 21.2 Å². The van der Waals surface area contributed by atoms with Crippen LogP contribution in [-0.4, -0.2) is 11.9 Å². The van der Waals surface area contributed by atoms with Crippen LogP contribution in [0, 0.1) is 0 Å². The standard InChI is InChI=1S/2C4H6O2.Co.K.H/c2*1-3(2)4(5)6;;;/h2*1H2,2H3,(H,5,6);;;/q;;+2;+1;-1/p-2. The first-order chi connectivity index (χ1) is 5.29. The van der Waals surface area contributed by atoms with Gasteiger partial charge in [-0.2, -0.15) is 0 Å². The molecule has 6 heteroatoms. The number of carboxylic acid groups (broad SMARTS) is 2. The van der Waals surface area contributed by atoms with E-state index in [4.69, 9.17) is 0 Å². The van der Waals surface area contributed by atoms with Gasteiger partial charge in [0.05, 0.1) is 11.9 Å². The Bertz CT molecular complexity index is 183. The van der Waals surface area contributed by atoms with Crippen LogP contribution in [0.1, 0.15) is 15.3 Å². The summed E-state index contributed by atoms with van der Waals surface area (Å²) in [7, 11) is 0. The van der Waals surface area contributed by atoms with Crippen LogP contribution in [0.2, 0.25) is 0 Å². The quantitative estimate of drug-likeness (QED) is 0.375. The van der Waals surface area contributed by atoms with Crippen molar-refractivity contribution >= 4 is 11.9 Å². The minimum absolute atomic E-state index is 0. The van der Waals surface area contributed by atoms with Gasteiger partial charge in [0.2, 0.25) is 0 Å². The van der Waals surface area contributed by atoms with Gasteiger partial charge in [-0.15, -0.1) is 0 Å². The van der Waals surface area contributed by atoms with Crippen molar-refractivity contribution in [3.8, 4) is 0 Å². The molecule has 0 fully saturated rings. The molecule has 0 aliphatic rings. The van der Waals surface area contributed by atoms with E-state index < -0.39 is 11.9 Å². The maximum atomic E-state index is 9.49. The third-order valence-electron chi connectivity index (χ3n) is 0.697. The summed E-state index contributed by atoms with van der Waals surface area (Å²) in [6.45, 7) is 8.95. The molecular weight excluding hydrogens is 258 g/mol. The Morgan fingerprint density at radius 3 is 1.07 bits per heavy atom. The van der Waals surface area contributed by atoms with E-state index >= 15 is 0 Å². The molecule has 0 bridgehead atoms. The van der Waals surface area contributed by atoms with Crippen LogP contribution in [0.4, 0.5) is 0 Å². The maximum absolute atomic E-state index is 9.49. The van der Waals surface area contributed by atoms with Crippen molar-refractivity contribution in [2.75, 3.05) is 0 Å². The molecule has 14 heavy (non-hydrogen) atoms. The molecule has 0 spiro atoms. The van der Waals surface area contributed by atoms with Crippen molar-refractivity contribution < 1.29 is 89.4 Å². The zero-order valence-electron chi connectivity index (χ0n) is 9.38. The van der Waals surface area contributed by atoms with E-state index in [9.17, 15) is 19.8 Å². The predicted molar refractivity (Wildman–Crippen MR) is 40.8 cm³/mol. The van der Waals surface area contributed by atoms with Crippen molar-refractivity contribution in [3.05, 3.63) is 24.3 Å². The maximum Gasteiger partial charge on any atom is 2.00 e. The Kier molecular flexibility index (Phi) is 23.3. The van der Waals surface area contributed by atoms with Gasteiger partial charge in [0.25, 0.3) is 0 Å². The zero-order valence-corrected chi connectivity index (χ0v) is 12.5. The van der Waals surface area contributed by atoms with Crippen LogP contribution in [0.25, 0.3) is 0 Å². The van der Waals surface area contributed by atoms with Crippen molar-refractivity contribution in [3.63, 3.8) is 0 Å². The fraction of sp³-hybridized carbons (Fsp3) is 0.250. The normalized spacial score (nSPS) is 6.43. The van der Waals surface area contributed by atoms with E-state index in [1.54, 1.807) is 0 Å². The molecule has 0 amide bonds. The van der Waals surface area contributed by atoms with Crippen LogP contribution in [0.5, 0.6) is 0 Å². The van der Waals surface area contributed by atoms with Gasteiger partial charge in [-0.05, 0) is 25.0 Å². The Morgan fingerprint density at radius 1 is 1.00 bits per heavy atom. The zero-order chi connectivity index (χ0) is 10.3. The number of rotatable bonds is 2. The minimum atomic E-state index is -1.19. The third-order valence-corrected chi connectivity index (χ3v) is 0.697. The monoisotopic (exact) mass is 269 g/mol. The summed E-state index contributed by atoms with van der Waals surface area (Å²) in [5, 5.41) is 19.0. The number of hydrogen-bond donors (Lipinski definition) is 0. The fourth-order valence-corrected chi connectivity index (χ4v) is 0. The number of hydrogen-bond acceptors (Lipinski definition) is 4. The molecular formula is C8H11CoKO4. The molecule has 4 nitrogen and oxygen atoms in total. The number of carbonyl (C=O) groups is 2. The SMILES string of the molecule is C=C(C)C(=O)[O-].C=C(C)C(=O)[O-].[Co+2].[H-].[K+]. The molecule has 0 aromatic rings. The van der Waals surface area contributed by atoms with Crippen molar-refractivity contribution in [1.29, 1.82) is 0 Å². The second-order valence-corrected chi connectivity index (χ2v) is 2.14. The summed E-state index contributed by atoms with van der Waals surface area (Å²) in [4.78, 5) is 19.0. The number of aliphatic carboxylic acids is 2. The molecule has 0 aliphatic heterocycles. The predicted octanol–water partition coefficient (Wildman–Crippen LogP) is -4.26. The molecule has 0 aromatic heterocycles. The van der Waals surface area contributed by atoms with Crippen molar-refractivity contribution in [1.82, 2.24) is 0 Å². The van der Waals surface area contributed by atoms with Crippen LogP contribution >= 0.6 is 0 Å². The largest absolute Gasteiger partial charge is 2.00 e. The molecule has 0 unspecified atom stereocenters. The number of carbonyl (C=O) groups excluding carboxylic acids is 2. The molecule has 0 N–H and O–H groups in total. The summed E-state index contributed by atoms with van der Waals surface area (Å²) in [6.07, 6.45) is 0. The Hall–Kier alpha value is 0.563.